The van der Waals surface area contributed by atoms with E-state index >= 15 is 0 Å². The Morgan fingerprint density at radius 2 is 2.07 bits per heavy atom. The maximum atomic E-state index is 6.21. The Morgan fingerprint density at radius 1 is 1.14 bits per heavy atom. The lowest BCUT2D eigenvalue weighted by atomic mass is 9.87. The minimum absolute atomic E-state index is 0.119. The van der Waals surface area contributed by atoms with Gasteiger partial charge in [0.15, 0.2) is 0 Å². The topological polar surface area (TPSA) is 82.8 Å². The first-order valence-corrected chi connectivity index (χ1v) is 9.59. The van der Waals surface area contributed by atoms with Gasteiger partial charge in [0.05, 0.1) is 17.4 Å². The maximum Gasteiger partial charge on any atom is 0.258 e. The van der Waals surface area contributed by atoms with Crippen molar-refractivity contribution in [2.75, 3.05) is 0 Å². The molecule has 0 spiro atoms. The summed E-state index contributed by atoms with van der Waals surface area (Å²) >= 11 is 6.06. The van der Waals surface area contributed by atoms with Gasteiger partial charge in [-0.15, -0.1) is 0 Å². The van der Waals surface area contributed by atoms with Gasteiger partial charge in [-0.05, 0) is 60.7 Å². The molecule has 2 aromatic carbocycles. The number of aromatic nitrogens is 4. The Morgan fingerprint density at radius 3 is 2.96 bits per heavy atom. The summed E-state index contributed by atoms with van der Waals surface area (Å²) in [4.78, 5) is 4.55. The summed E-state index contributed by atoms with van der Waals surface area (Å²) in [6.45, 7) is 0. The molecular weight excluding hydrogens is 374 g/mol. The van der Waals surface area contributed by atoms with Crippen LogP contribution in [0.4, 0.5) is 0 Å². The van der Waals surface area contributed by atoms with Crippen molar-refractivity contribution in [1.82, 2.24) is 19.9 Å². The molecule has 2 aromatic heterocycles. The number of hydrogen-bond acceptors (Lipinski definition) is 5. The monoisotopic (exact) mass is 391 g/mol. The highest BCUT2D eigenvalue weighted by atomic mass is 35.5. The molecule has 2 N–H and O–H groups in total. The van der Waals surface area contributed by atoms with Crippen molar-refractivity contribution in [3.05, 3.63) is 71.0 Å². The number of fused-ring (bicyclic) bond motifs is 1. The van der Waals surface area contributed by atoms with Crippen molar-refractivity contribution in [2.24, 2.45) is 5.73 Å². The molecule has 0 bridgehead atoms. The van der Waals surface area contributed by atoms with Crippen LogP contribution >= 0.6 is 11.6 Å². The molecule has 1 unspecified atom stereocenters. The Kier molecular flexibility index (Phi) is 4.22. The van der Waals surface area contributed by atoms with Crippen LogP contribution < -0.4 is 5.73 Å². The van der Waals surface area contributed by atoms with Crippen LogP contribution in [0.5, 0.6) is 0 Å². The zero-order chi connectivity index (χ0) is 19.1. The highest BCUT2D eigenvalue weighted by Crippen LogP contribution is 2.31. The first kappa shape index (κ1) is 17.2. The molecule has 1 atom stereocenters. The zero-order valence-electron chi connectivity index (χ0n) is 15.0. The SMILES string of the molecule is NC1CCCc2cc(-c3nc(-c4cnn(-c5cccc(Cl)c5)c4)no3)ccc21. The second-order valence-electron chi connectivity index (χ2n) is 6.99. The standard InChI is InChI=1S/C21H18ClN5O/c22-16-4-2-5-17(10-16)27-12-15(11-24-27)20-25-21(28-26-20)14-7-8-18-13(9-14)3-1-6-19(18)23/h2,4-5,7-12,19H,1,3,6,23H2. The summed E-state index contributed by atoms with van der Waals surface area (Å²) in [5.41, 5.74) is 11.2. The number of nitrogens with two attached hydrogens (primary N) is 1. The lowest BCUT2D eigenvalue weighted by Crippen LogP contribution is -2.17. The molecule has 2 heterocycles. The summed E-state index contributed by atoms with van der Waals surface area (Å²) in [6.07, 6.45) is 6.74. The molecule has 0 amide bonds. The second-order valence-corrected chi connectivity index (χ2v) is 7.43. The van der Waals surface area contributed by atoms with Gasteiger partial charge in [-0.3, -0.25) is 0 Å². The summed E-state index contributed by atoms with van der Waals surface area (Å²) in [6, 6.07) is 13.8. The minimum Gasteiger partial charge on any atom is -0.334 e. The Bertz CT molecular complexity index is 1150. The van der Waals surface area contributed by atoms with E-state index in [1.807, 2.05) is 36.5 Å². The number of aryl methyl sites for hydroxylation is 1. The lowest BCUT2D eigenvalue weighted by molar-refractivity contribution is 0.432. The van der Waals surface area contributed by atoms with Crippen LogP contribution in [-0.4, -0.2) is 19.9 Å². The quantitative estimate of drug-likeness (QED) is 0.552. The maximum absolute atomic E-state index is 6.21. The molecule has 28 heavy (non-hydrogen) atoms. The second kappa shape index (κ2) is 6.89. The summed E-state index contributed by atoms with van der Waals surface area (Å²) < 4.78 is 7.24. The normalized spacial score (nSPS) is 16.1. The van der Waals surface area contributed by atoms with Crippen LogP contribution in [0.25, 0.3) is 28.5 Å². The van der Waals surface area contributed by atoms with Crippen LogP contribution in [0.1, 0.15) is 30.0 Å². The fraction of sp³-hybridized carbons (Fsp3) is 0.190. The highest BCUT2D eigenvalue weighted by Gasteiger charge is 2.19. The molecule has 7 heteroatoms. The molecule has 0 saturated carbocycles. The molecule has 6 nitrogen and oxygen atoms in total. The van der Waals surface area contributed by atoms with Gasteiger partial charge in [0.25, 0.3) is 5.89 Å². The van der Waals surface area contributed by atoms with Gasteiger partial charge in [-0.1, -0.05) is 28.9 Å². The van der Waals surface area contributed by atoms with Crippen molar-refractivity contribution in [1.29, 1.82) is 0 Å². The van der Waals surface area contributed by atoms with E-state index in [0.29, 0.717) is 16.7 Å². The molecule has 0 aliphatic heterocycles. The highest BCUT2D eigenvalue weighted by molar-refractivity contribution is 6.30. The van der Waals surface area contributed by atoms with Gasteiger partial charge in [0.1, 0.15) is 0 Å². The van der Waals surface area contributed by atoms with Crippen LogP contribution in [0.3, 0.4) is 0 Å². The zero-order valence-corrected chi connectivity index (χ0v) is 15.8. The molecule has 140 valence electrons. The molecule has 1 aliphatic rings. The molecule has 1 aliphatic carbocycles. The molecule has 0 radical (unpaired) electrons. The third-order valence-corrected chi connectivity index (χ3v) is 5.33. The first-order chi connectivity index (χ1) is 13.7. The van der Waals surface area contributed by atoms with E-state index in [-0.39, 0.29) is 6.04 Å². The largest absolute Gasteiger partial charge is 0.334 e. The van der Waals surface area contributed by atoms with Crippen molar-refractivity contribution >= 4 is 11.6 Å². The van der Waals surface area contributed by atoms with Gasteiger partial charge in [-0.25, -0.2) is 4.68 Å². The molecule has 0 fully saturated rings. The van der Waals surface area contributed by atoms with E-state index in [9.17, 15) is 0 Å². The number of nitrogens with zero attached hydrogens (tertiary/aromatic N) is 4. The van der Waals surface area contributed by atoms with Gasteiger partial charge in [0.2, 0.25) is 5.82 Å². The Hall–Kier alpha value is -2.96. The van der Waals surface area contributed by atoms with Gasteiger partial charge in [-0.2, -0.15) is 10.1 Å². The van der Waals surface area contributed by atoms with Crippen molar-refractivity contribution < 1.29 is 4.52 Å². The van der Waals surface area contributed by atoms with Crippen molar-refractivity contribution in [3.8, 4) is 28.5 Å². The van der Waals surface area contributed by atoms with E-state index in [1.165, 1.54) is 11.1 Å². The lowest BCUT2D eigenvalue weighted by Gasteiger charge is -2.22. The average Bonchev–Trinajstić information content (AvgIpc) is 3.38. The summed E-state index contributed by atoms with van der Waals surface area (Å²) in [7, 11) is 0. The molecular formula is C21H18ClN5O. The third-order valence-electron chi connectivity index (χ3n) is 5.09. The smallest absolute Gasteiger partial charge is 0.258 e. The fourth-order valence-electron chi connectivity index (χ4n) is 3.64. The number of hydrogen-bond donors (Lipinski definition) is 1. The average molecular weight is 392 g/mol. The molecule has 5 rings (SSSR count). The van der Waals surface area contributed by atoms with E-state index in [0.717, 1.165) is 36.1 Å². The van der Waals surface area contributed by atoms with Crippen LogP contribution in [-0.2, 0) is 6.42 Å². The van der Waals surface area contributed by atoms with Crippen molar-refractivity contribution in [3.63, 3.8) is 0 Å². The minimum atomic E-state index is 0.119. The molecule has 0 saturated heterocycles. The van der Waals surface area contributed by atoms with Crippen LogP contribution in [0, 0.1) is 0 Å². The Balaban J connectivity index is 1.44. The predicted octanol–water partition coefficient (Wildman–Crippen LogP) is 4.58. The van der Waals surface area contributed by atoms with E-state index < -0.39 is 0 Å². The third kappa shape index (κ3) is 3.10. The summed E-state index contributed by atoms with van der Waals surface area (Å²) in [5, 5.41) is 9.15. The number of rotatable bonds is 3. The van der Waals surface area contributed by atoms with E-state index in [4.69, 9.17) is 21.9 Å². The molecule has 4 aromatic rings. The first-order valence-electron chi connectivity index (χ1n) is 9.21. The van der Waals surface area contributed by atoms with E-state index in [1.54, 1.807) is 10.9 Å². The van der Waals surface area contributed by atoms with E-state index in [2.05, 4.69) is 27.4 Å². The number of halogens is 1. The van der Waals surface area contributed by atoms with Crippen LogP contribution in [0.2, 0.25) is 5.02 Å². The van der Waals surface area contributed by atoms with Crippen LogP contribution in [0.15, 0.2) is 59.4 Å². The number of benzene rings is 2. The van der Waals surface area contributed by atoms with Gasteiger partial charge in [0, 0.05) is 22.8 Å². The predicted molar refractivity (Wildman–Crippen MR) is 107 cm³/mol. The summed E-state index contributed by atoms with van der Waals surface area (Å²) in [5.74, 6) is 0.991. The van der Waals surface area contributed by atoms with Crippen molar-refractivity contribution in [2.45, 2.75) is 25.3 Å². The fourth-order valence-corrected chi connectivity index (χ4v) is 3.83. The Labute approximate surface area is 166 Å². The van der Waals surface area contributed by atoms with Gasteiger partial charge >= 0.3 is 0 Å². The van der Waals surface area contributed by atoms with Gasteiger partial charge < -0.3 is 10.3 Å².